The summed E-state index contributed by atoms with van der Waals surface area (Å²) in [5.41, 5.74) is 3.59. The van der Waals surface area contributed by atoms with Crippen molar-refractivity contribution >= 4 is 45.5 Å². The van der Waals surface area contributed by atoms with Gasteiger partial charge in [0.1, 0.15) is 10.8 Å². The molecule has 1 aromatic heterocycles. The highest BCUT2D eigenvalue weighted by molar-refractivity contribution is 7.80. The normalized spacial score (nSPS) is 11.9. The maximum absolute atomic E-state index is 9.51. The molecule has 2 aromatic carbocycles. The van der Waals surface area contributed by atoms with Crippen molar-refractivity contribution in [3.63, 3.8) is 0 Å². The number of nitriles is 1. The summed E-state index contributed by atoms with van der Waals surface area (Å²) in [6, 6.07) is 15.2. The van der Waals surface area contributed by atoms with Crippen molar-refractivity contribution in [2.45, 2.75) is 12.8 Å². The van der Waals surface area contributed by atoms with Crippen LogP contribution in [0.2, 0.25) is 5.02 Å². The van der Waals surface area contributed by atoms with Crippen LogP contribution in [0.25, 0.3) is 11.0 Å². The number of aromatic nitrogens is 2. The Balaban J connectivity index is 1.88. The van der Waals surface area contributed by atoms with Crippen LogP contribution in [0.5, 0.6) is 0 Å². The van der Waals surface area contributed by atoms with Gasteiger partial charge in [0.05, 0.1) is 17.1 Å². The lowest BCUT2D eigenvalue weighted by Gasteiger charge is -2.11. The zero-order valence-electron chi connectivity index (χ0n) is 12.3. The standard InChI is InChI=1S/C17H13ClN4S/c1-10-3-2-4-14-15(10)22-16(21-14)13(9-19)17(23)20-12-7-5-11(18)6-8-12/h2-8,13H,1H3,(H,20,23)(H,21,22). The Labute approximate surface area is 144 Å². The molecule has 3 aromatic rings. The fourth-order valence-electron chi connectivity index (χ4n) is 2.32. The van der Waals surface area contributed by atoms with E-state index >= 15 is 0 Å². The summed E-state index contributed by atoms with van der Waals surface area (Å²) in [4.78, 5) is 8.11. The summed E-state index contributed by atoms with van der Waals surface area (Å²) in [6.45, 7) is 1.98. The molecule has 2 N–H and O–H groups in total. The number of hydrogen-bond donors (Lipinski definition) is 2. The van der Waals surface area contributed by atoms with Gasteiger partial charge in [0.25, 0.3) is 0 Å². The van der Waals surface area contributed by atoms with Crippen LogP contribution in [-0.2, 0) is 0 Å². The zero-order valence-corrected chi connectivity index (χ0v) is 13.9. The van der Waals surface area contributed by atoms with E-state index in [0.29, 0.717) is 15.8 Å². The third kappa shape index (κ3) is 3.19. The molecule has 1 atom stereocenters. The zero-order chi connectivity index (χ0) is 16.4. The molecule has 0 radical (unpaired) electrons. The van der Waals surface area contributed by atoms with Gasteiger partial charge in [-0.25, -0.2) is 4.98 Å². The van der Waals surface area contributed by atoms with E-state index in [-0.39, 0.29) is 0 Å². The van der Waals surface area contributed by atoms with Gasteiger partial charge in [0, 0.05) is 10.7 Å². The van der Waals surface area contributed by atoms with Crippen LogP contribution in [0.4, 0.5) is 5.69 Å². The van der Waals surface area contributed by atoms with Crippen molar-refractivity contribution in [2.75, 3.05) is 5.32 Å². The number of aryl methyl sites for hydroxylation is 1. The van der Waals surface area contributed by atoms with Crippen LogP contribution in [0.3, 0.4) is 0 Å². The van der Waals surface area contributed by atoms with E-state index in [1.807, 2.05) is 37.3 Å². The minimum absolute atomic E-state index is 0.395. The second-order valence-electron chi connectivity index (χ2n) is 5.15. The molecule has 0 spiro atoms. The average Bonchev–Trinajstić information content (AvgIpc) is 2.95. The number of hydrogen-bond acceptors (Lipinski definition) is 3. The van der Waals surface area contributed by atoms with E-state index in [9.17, 15) is 5.26 Å². The third-order valence-electron chi connectivity index (χ3n) is 3.51. The van der Waals surface area contributed by atoms with Crippen LogP contribution >= 0.6 is 23.8 Å². The number of H-pyrrole nitrogens is 1. The Morgan fingerprint density at radius 1 is 1.30 bits per heavy atom. The predicted molar refractivity (Wildman–Crippen MR) is 96.9 cm³/mol. The predicted octanol–water partition coefficient (Wildman–Crippen LogP) is 4.57. The molecular weight excluding hydrogens is 328 g/mol. The highest BCUT2D eigenvalue weighted by Gasteiger charge is 2.21. The van der Waals surface area contributed by atoms with E-state index in [1.165, 1.54) is 0 Å². The number of imidazole rings is 1. The van der Waals surface area contributed by atoms with Gasteiger partial charge in [0.15, 0.2) is 5.92 Å². The molecule has 0 saturated heterocycles. The molecule has 3 rings (SSSR count). The lowest BCUT2D eigenvalue weighted by Crippen LogP contribution is -2.19. The van der Waals surface area contributed by atoms with Crippen LogP contribution < -0.4 is 5.32 Å². The lowest BCUT2D eigenvalue weighted by atomic mass is 10.1. The number of anilines is 1. The quantitative estimate of drug-likeness (QED) is 0.685. The number of aromatic amines is 1. The smallest absolute Gasteiger partial charge is 0.154 e. The van der Waals surface area contributed by atoms with Crippen LogP contribution in [0.15, 0.2) is 42.5 Å². The molecule has 1 heterocycles. The summed E-state index contributed by atoms with van der Waals surface area (Å²) in [5, 5.41) is 13.2. The fraction of sp³-hybridized carbons (Fsp3) is 0.118. The number of rotatable bonds is 3. The number of nitrogens with zero attached hydrogens (tertiary/aromatic N) is 2. The Kier molecular flexibility index (Phi) is 4.28. The summed E-state index contributed by atoms with van der Waals surface area (Å²) in [7, 11) is 0. The molecule has 0 aliphatic rings. The Morgan fingerprint density at radius 3 is 2.70 bits per heavy atom. The molecule has 0 aliphatic heterocycles. The number of fused-ring (bicyclic) bond motifs is 1. The van der Waals surface area contributed by atoms with E-state index in [2.05, 4.69) is 21.4 Å². The van der Waals surface area contributed by atoms with Crippen molar-refractivity contribution < 1.29 is 0 Å². The molecule has 23 heavy (non-hydrogen) atoms. The van der Waals surface area contributed by atoms with E-state index in [4.69, 9.17) is 23.8 Å². The van der Waals surface area contributed by atoms with Gasteiger partial charge in [0.2, 0.25) is 0 Å². The molecule has 0 aliphatic carbocycles. The summed E-state index contributed by atoms with van der Waals surface area (Å²) in [5.74, 6) is -0.101. The fourth-order valence-corrected chi connectivity index (χ4v) is 2.73. The lowest BCUT2D eigenvalue weighted by molar-refractivity contribution is 1.01. The van der Waals surface area contributed by atoms with Gasteiger partial charge in [-0.2, -0.15) is 5.26 Å². The first kappa shape index (κ1) is 15.5. The van der Waals surface area contributed by atoms with Crippen molar-refractivity contribution in [1.29, 1.82) is 5.26 Å². The summed E-state index contributed by atoms with van der Waals surface area (Å²) >= 11 is 11.2. The highest BCUT2D eigenvalue weighted by Crippen LogP contribution is 2.22. The number of benzene rings is 2. The maximum Gasteiger partial charge on any atom is 0.154 e. The van der Waals surface area contributed by atoms with Crippen molar-refractivity contribution in [2.24, 2.45) is 0 Å². The van der Waals surface area contributed by atoms with Crippen LogP contribution in [-0.4, -0.2) is 15.0 Å². The van der Waals surface area contributed by atoms with Gasteiger partial charge < -0.3 is 10.3 Å². The van der Waals surface area contributed by atoms with Crippen LogP contribution in [0.1, 0.15) is 17.3 Å². The Hall–Kier alpha value is -2.42. The second kappa shape index (κ2) is 6.37. The average molecular weight is 341 g/mol. The first-order valence-corrected chi connectivity index (χ1v) is 7.78. The largest absolute Gasteiger partial charge is 0.349 e. The number of para-hydroxylation sites is 1. The molecule has 0 saturated carbocycles. The number of nitrogens with one attached hydrogen (secondary N) is 2. The van der Waals surface area contributed by atoms with E-state index < -0.39 is 5.92 Å². The molecule has 0 fully saturated rings. The monoisotopic (exact) mass is 340 g/mol. The molecule has 114 valence electrons. The third-order valence-corrected chi connectivity index (χ3v) is 4.10. The molecule has 1 unspecified atom stereocenters. The topological polar surface area (TPSA) is 64.5 Å². The van der Waals surface area contributed by atoms with Gasteiger partial charge in [-0.15, -0.1) is 0 Å². The first-order valence-electron chi connectivity index (χ1n) is 7.00. The highest BCUT2D eigenvalue weighted by atomic mass is 35.5. The second-order valence-corrected chi connectivity index (χ2v) is 6.03. The van der Waals surface area contributed by atoms with Gasteiger partial charge in [-0.1, -0.05) is 36.0 Å². The van der Waals surface area contributed by atoms with Crippen LogP contribution in [0, 0.1) is 18.3 Å². The van der Waals surface area contributed by atoms with Gasteiger partial charge in [-0.3, -0.25) is 0 Å². The first-order chi connectivity index (χ1) is 11.1. The Bertz CT molecular complexity index is 908. The Morgan fingerprint density at radius 2 is 2.04 bits per heavy atom. The van der Waals surface area contributed by atoms with E-state index in [1.54, 1.807) is 12.1 Å². The molecule has 0 amide bonds. The minimum atomic E-state index is -0.646. The van der Waals surface area contributed by atoms with Crippen molar-refractivity contribution in [1.82, 2.24) is 9.97 Å². The van der Waals surface area contributed by atoms with E-state index in [0.717, 1.165) is 22.3 Å². The number of halogens is 1. The SMILES string of the molecule is Cc1cccc2[nH]c(C(C#N)C(=S)Nc3ccc(Cl)cc3)nc12. The minimum Gasteiger partial charge on any atom is -0.349 e. The number of thiocarbonyl (C=S) groups is 1. The van der Waals surface area contributed by atoms with Crippen molar-refractivity contribution in [3.8, 4) is 6.07 Å². The maximum atomic E-state index is 9.51. The molecule has 6 heteroatoms. The molecule has 0 bridgehead atoms. The van der Waals surface area contributed by atoms with Gasteiger partial charge in [-0.05, 0) is 42.8 Å². The molecule has 4 nitrogen and oxygen atoms in total. The molecular formula is C17H13ClN4S. The van der Waals surface area contributed by atoms with Gasteiger partial charge >= 0.3 is 0 Å². The van der Waals surface area contributed by atoms with Crippen molar-refractivity contribution in [3.05, 3.63) is 58.9 Å². The summed E-state index contributed by atoms with van der Waals surface area (Å²) < 4.78 is 0. The summed E-state index contributed by atoms with van der Waals surface area (Å²) in [6.07, 6.45) is 0.